The number of ether oxygens (including phenoxy) is 3. The smallest absolute Gasteiger partial charge is 0.258 e. The van der Waals surface area contributed by atoms with Gasteiger partial charge < -0.3 is 29.8 Å². The van der Waals surface area contributed by atoms with Crippen molar-refractivity contribution in [2.75, 3.05) is 96.5 Å². The Bertz CT molecular complexity index is 1980. The predicted molar refractivity (Wildman–Crippen MR) is 205 cm³/mol. The molecule has 4 aliphatic rings. The van der Waals surface area contributed by atoms with E-state index in [9.17, 15) is 9.59 Å². The number of rotatable bonds is 8. The van der Waals surface area contributed by atoms with E-state index in [0.29, 0.717) is 0 Å². The summed E-state index contributed by atoms with van der Waals surface area (Å²) >= 11 is 0. The maximum Gasteiger partial charge on any atom is 0.258 e. The van der Waals surface area contributed by atoms with Crippen LogP contribution in [0.3, 0.4) is 0 Å². The SMILES string of the molecule is COCn1c(=O)c2c(c3c(C)cc(CCN4CCOCC4)cc31)NCCC2.Cc1cc(CCN2CCOCC2)cc2[nH]c(=O)c3c(c12)NCCC3. The number of aryl methyl sites for hydroxylation is 2. The number of aromatic nitrogens is 2. The Morgan fingerprint density at radius 1 is 0.725 bits per heavy atom. The van der Waals surface area contributed by atoms with Crippen LogP contribution in [0.4, 0.5) is 11.4 Å². The van der Waals surface area contributed by atoms with Crippen molar-refractivity contribution in [2.45, 2.75) is 59.1 Å². The molecule has 2 saturated heterocycles. The van der Waals surface area contributed by atoms with Crippen molar-refractivity contribution in [3.05, 3.63) is 78.4 Å². The lowest BCUT2D eigenvalue weighted by atomic mass is 9.96. The monoisotopic (exact) mass is 698 g/mol. The van der Waals surface area contributed by atoms with Gasteiger partial charge in [-0.3, -0.25) is 24.0 Å². The van der Waals surface area contributed by atoms with Gasteiger partial charge in [0.1, 0.15) is 6.73 Å². The van der Waals surface area contributed by atoms with E-state index >= 15 is 0 Å². The second-order valence-corrected chi connectivity index (χ2v) is 14.4. The van der Waals surface area contributed by atoms with Crippen molar-refractivity contribution < 1.29 is 14.2 Å². The van der Waals surface area contributed by atoms with Crippen LogP contribution in [0.2, 0.25) is 0 Å². The zero-order chi connectivity index (χ0) is 35.3. The molecule has 0 unspecified atom stereocenters. The Morgan fingerprint density at radius 3 is 1.88 bits per heavy atom. The number of H-pyrrole nitrogens is 1. The molecule has 4 aliphatic heterocycles. The normalized spacial score (nSPS) is 18.0. The Labute approximate surface area is 300 Å². The molecule has 11 nitrogen and oxygen atoms in total. The van der Waals surface area contributed by atoms with Crippen LogP contribution >= 0.6 is 0 Å². The minimum absolute atomic E-state index is 0.0643. The number of anilines is 2. The molecule has 2 aromatic carbocycles. The molecule has 0 bridgehead atoms. The first-order valence-corrected chi connectivity index (χ1v) is 18.9. The lowest BCUT2D eigenvalue weighted by molar-refractivity contribution is 0.0384. The Hall–Kier alpha value is -3.74. The van der Waals surface area contributed by atoms with Crippen LogP contribution in [0.25, 0.3) is 21.8 Å². The van der Waals surface area contributed by atoms with Crippen LogP contribution < -0.4 is 21.8 Å². The number of aromatic amines is 1. The van der Waals surface area contributed by atoms with Gasteiger partial charge in [-0.2, -0.15) is 0 Å². The van der Waals surface area contributed by atoms with E-state index in [1.54, 1.807) is 11.7 Å². The number of hydrogen-bond donors (Lipinski definition) is 3. The molecule has 0 amide bonds. The molecular weight excluding hydrogens is 644 g/mol. The van der Waals surface area contributed by atoms with E-state index in [1.165, 1.54) is 27.6 Å². The third-order valence-electron chi connectivity index (χ3n) is 10.9. The fourth-order valence-electron chi connectivity index (χ4n) is 8.25. The molecule has 51 heavy (non-hydrogen) atoms. The average molecular weight is 699 g/mol. The summed E-state index contributed by atoms with van der Waals surface area (Å²) in [5.41, 5.74) is 11.0. The highest BCUT2D eigenvalue weighted by atomic mass is 16.5. The molecule has 274 valence electrons. The number of fused-ring (bicyclic) bond motifs is 6. The summed E-state index contributed by atoms with van der Waals surface area (Å²) in [4.78, 5) is 33.5. The Morgan fingerprint density at radius 2 is 1.27 bits per heavy atom. The van der Waals surface area contributed by atoms with Gasteiger partial charge in [0.25, 0.3) is 11.1 Å². The van der Waals surface area contributed by atoms with E-state index in [1.807, 2.05) is 0 Å². The Kier molecular flexibility index (Phi) is 11.4. The maximum absolute atomic E-state index is 13.1. The maximum atomic E-state index is 13.1. The first kappa shape index (κ1) is 35.7. The highest BCUT2D eigenvalue weighted by molar-refractivity contribution is 5.97. The van der Waals surface area contributed by atoms with Gasteiger partial charge in [-0.1, -0.05) is 12.1 Å². The van der Waals surface area contributed by atoms with Crippen LogP contribution in [0.15, 0.2) is 33.9 Å². The van der Waals surface area contributed by atoms with Crippen molar-refractivity contribution in [1.29, 1.82) is 0 Å². The lowest BCUT2D eigenvalue weighted by Gasteiger charge is -2.27. The molecule has 0 atom stereocenters. The molecule has 4 aromatic rings. The van der Waals surface area contributed by atoms with Crippen molar-refractivity contribution in [1.82, 2.24) is 19.4 Å². The topological polar surface area (TPSA) is 113 Å². The van der Waals surface area contributed by atoms with Gasteiger partial charge in [-0.15, -0.1) is 0 Å². The molecule has 3 N–H and O–H groups in total. The number of morpholine rings is 2. The highest BCUT2D eigenvalue weighted by Gasteiger charge is 2.22. The summed E-state index contributed by atoms with van der Waals surface area (Å²) < 4.78 is 18.0. The minimum atomic E-state index is 0.0643. The molecule has 0 spiro atoms. The molecular formula is C40H54N6O5. The van der Waals surface area contributed by atoms with E-state index in [0.717, 1.165) is 156 Å². The zero-order valence-electron chi connectivity index (χ0n) is 30.6. The van der Waals surface area contributed by atoms with Crippen molar-refractivity contribution in [3.8, 4) is 0 Å². The van der Waals surface area contributed by atoms with Gasteiger partial charge in [0.2, 0.25) is 0 Å². The average Bonchev–Trinajstić information content (AvgIpc) is 3.15. The molecule has 2 aromatic heterocycles. The molecule has 6 heterocycles. The van der Waals surface area contributed by atoms with Gasteiger partial charge in [0.15, 0.2) is 0 Å². The molecule has 0 saturated carbocycles. The first-order chi connectivity index (χ1) is 24.9. The van der Waals surface area contributed by atoms with Gasteiger partial charge >= 0.3 is 0 Å². The summed E-state index contributed by atoms with van der Waals surface area (Å²) in [6.45, 7) is 15.9. The summed E-state index contributed by atoms with van der Waals surface area (Å²) in [5, 5.41) is 9.28. The predicted octanol–water partition coefficient (Wildman–Crippen LogP) is 4.22. The number of methoxy groups -OCH3 is 1. The van der Waals surface area contributed by atoms with Gasteiger partial charge in [0.05, 0.1) is 48.8 Å². The molecule has 8 rings (SSSR count). The van der Waals surface area contributed by atoms with Crippen molar-refractivity contribution in [2.24, 2.45) is 0 Å². The van der Waals surface area contributed by atoms with E-state index in [2.05, 4.69) is 63.5 Å². The van der Waals surface area contributed by atoms with Crippen LogP contribution in [-0.4, -0.2) is 105 Å². The van der Waals surface area contributed by atoms with Crippen molar-refractivity contribution in [3.63, 3.8) is 0 Å². The molecule has 0 aliphatic carbocycles. The second-order valence-electron chi connectivity index (χ2n) is 14.4. The van der Waals surface area contributed by atoms with E-state index in [4.69, 9.17) is 14.2 Å². The standard InChI is InChI=1S/C21H29N3O3.C19H25N3O2/c1-15-12-16(5-7-23-8-10-27-11-9-23)13-18-19(15)20-17(4-3-6-22-20)21(25)24(18)14-26-2;1-13-11-14(4-6-22-7-9-24-10-8-22)12-16-17(13)18-15(19(23)21-16)3-2-5-20-18/h12-13,22H,3-11,14H2,1-2H3;11-12,20H,2-10H2,1H3,(H,21,23). The fraction of sp³-hybridized carbons (Fsp3) is 0.550. The van der Waals surface area contributed by atoms with E-state index < -0.39 is 0 Å². The molecule has 11 heteroatoms. The first-order valence-electron chi connectivity index (χ1n) is 18.9. The summed E-state index contributed by atoms with van der Waals surface area (Å²) in [7, 11) is 1.64. The van der Waals surface area contributed by atoms with E-state index in [-0.39, 0.29) is 17.8 Å². The molecule has 0 radical (unpaired) electrons. The van der Waals surface area contributed by atoms with Crippen LogP contribution in [0, 0.1) is 13.8 Å². The zero-order valence-corrected chi connectivity index (χ0v) is 30.6. The third-order valence-corrected chi connectivity index (χ3v) is 10.9. The largest absolute Gasteiger partial charge is 0.384 e. The van der Waals surface area contributed by atoms with Crippen LogP contribution in [-0.2, 0) is 46.6 Å². The summed E-state index contributed by atoms with van der Waals surface area (Å²) in [5.74, 6) is 0. The number of nitrogens with one attached hydrogen (secondary N) is 3. The van der Waals surface area contributed by atoms with Gasteiger partial charge in [-0.05, 0) is 86.8 Å². The second kappa shape index (κ2) is 16.3. The highest BCUT2D eigenvalue weighted by Crippen LogP contribution is 2.33. The van der Waals surface area contributed by atoms with Gasteiger partial charge in [0, 0.05) is 81.4 Å². The number of benzene rings is 2. The number of pyridine rings is 2. The Balaban J connectivity index is 0.000000160. The number of nitrogens with zero attached hydrogens (tertiary/aromatic N) is 3. The van der Waals surface area contributed by atoms with Gasteiger partial charge in [-0.25, -0.2) is 0 Å². The quantitative estimate of drug-likeness (QED) is 0.249. The fourth-order valence-corrected chi connectivity index (χ4v) is 8.25. The lowest BCUT2D eigenvalue weighted by Crippen LogP contribution is -2.37. The summed E-state index contributed by atoms with van der Waals surface area (Å²) in [6.07, 6.45) is 5.70. The van der Waals surface area contributed by atoms with Crippen LogP contribution in [0.5, 0.6) is 0 Å². The van der Waals surface area contributed by atoms with Crippen LogP contribution in [0.1, 0.15) is 46.2 Å². The number of hydrogen-bond acceptors (Lipinski definition) is 9. The molecule has 2 fully saturated rings. The third kappa shape index (κ3) is 7.88. The minimum Gasteiger partial charge on any atom is -0.384 e. The van der Waals surface area contributed by atoms with Crippen molar-refractivity contribution >= 4 is 33.2 Å². The summed E-state index contributed by atoms with van der Waals surface area (Å²) in [6, 6.07) is 8.89.